The van der Waals surface area contributed by atoms with Crippen molar-refractivity contribution in [2.24, 2.45) is 0 Å². The van der Waals surface area contributed by atoms with E-state index in [0.717, 1.165) is 22.3 Å². The van der Waals surface area contributed by atoms with Gasteiger partial charge < -0.3 is 0 Å². The first-order chi connectivity index (χ1) is 10.1. The Morgan fingerprint density at radius 2 is 1.81 bits per heavy atom. The van der Waals surface area contributed by atoms with Gasteiger partial charge in [-0.2, -0.15) is 0 Å². The fraction of sp³-hybridized carbons (Fsp3) is 0.235. The second-order valence-electron chi connectivity index (χ2n) is 5.31. The zero-order valence-electron chi connectivity index (χ0n) is 12.4. The molecule has 2 heterocycles. The number of nitrogens with zero attached hydrogens (tertiary/aromatic N) is 3. The number of hydrogen-bond donors (Lipinski definition) is 0. The quantitative estimate of drug-likeness (QED) is 0.724. The Balaban J connectivity index is 2.22. The summed E-state index contributed by atoms with van der Waals surface area (Å²) in [5.41, 5.74) is 3.64. The summed E-state index contributed by atoms with van der Waals surface area (Å²) < 4.78 is 1.66. The van der Waals surface area contributed by atoms with Crippen LogP contribution in [-0.4, -0.2) is 14.5 Å². The second-order valence-corrected chi connectivity index (χ2v) is 5.31. The Morgan fingerprint density at radius 1 is 1.05 bits per heavy atom. The highest BCUT2D eigenvalue weighted by molar-refractivity contribution is 5.80. The number of aromatic nitrogens is 3. The van der Waals surface area contributed by atoms with Crippen LogP contribution in [0.2, 0.25) is 0 Å². The molecule has 0 aliphatic heterocycles. The fourth-order valence-electron chi connectivity index (χ4n) is 2.69. The van der Waals surface area contributed by atoms with Crippen LogP contribution in [0.15, 0.2) is 47.7 Å². The molecule has 3 rings (SSSR count). The predicted molar refractivity (Wildman–Crippen MR) is 83.5 cm³/mol. The molecule has 0 unspecified atom stereocenters. The van der Waals surface area contributed by atoms with E-state index in [0.29, 0.717) is 5.39 Å². The lowest BCUT2D eigenvalue weighted by molar-refractivity contribution is 0.589. The average molecular weight is 279 g/mol. The molecule has 0 N–H and O–H groups in total. The van der Waals surface area contributed by atoms with Crippen LogP contribution >= 0.6 is 0 Å². The summed E-state index contributed by atoms with van der Waals surface area (Å²) in [5, 5.41) is 0.681. The van der Waals surface area contributed by atoms with E-state index in [-0.39, 0.29) is 11.6 Å². The summed E-state index contributed by atoms with van der Waals surface area (Å²) in [6, 6.07) is 9.48. The average Bonchev–Trinajstić information content (AvgIpc) is 2.47. The van der Waals surface area contributed by atoms with Crippen LogP contribution in [0.1, 0.15) is 29.8 Å². The van der Waals surface area contributed by atoms with Gasteiger partial charge in [-0.05, 0) is 44.0 Å². The molecule has 3 aromatic rings. The molecule has 4 heteroatoms. The maximum atomic E-state index is 12.8. The first kappa shape index (κ1) is 13.5. The highest BCUT2D eigenvalue weighted by Crippen LogP contribution is 2.19. The minimum absolute atomic E-state index is 0.0179. The molecular formula is C17H17N3O. The summed E-state index contributed by atoms with van der Waals surface area (Å²) in [6.45, 7) is 5.92. The van der Waals surface area contributed by atoms with Crippen LogP contribution in [0.25, 0.3) is 10.9 Å². The number of pyridine rings is 1. The Morgan fingerprint density at radius 3 is 2.57 bits per heavy atom. The third-order valence-corrected chi connectivity index (χ3v) is 3.88. The Labute approximate surface area is 123 Å². The van der Waals surface area contributed by atoms with E-state index in [1.807, 2.05) is 51.1 Å². The predicted octanol–water partition coefficient (Wildman–Crippen LogP) is 3.02. The second kappa shape index (κ2) is 5.13. The molecular weight excluding hydrogens is 262 g/mol. The van der Waals surface area contributed by atoms with E-state index in [1.54, 1.807) is 17.1 Å². The molecule has 1 atom stereocenters. The van der Waals surface area contributed by atoms with Gasteiger partial charge in [0.05, 0.1) is 29.0 Å². The third kappa shape index (κ3) is 2.23. The summed E-state index contributed by atoms with van der Waals surface area (Å²) in [4.78, 5) is 21.6. The molecule has 0 saturated carbocycles. The van der Waals surface area contributed by atoms with Crippen molar-refractivity contribution < 1.29 is 0 Å². The fourth-order valence-corrected chi connectivity index (χ4v) is 2.69. The van der Waals surface area contributed by atoms with Crippen molar-refractivity contribution in [3.63, 3.8) is 0 Å². The maximum Gasteiger partial charge on any atom is 0.262 e. The smallest absolute Gasteiger partial charge is 0.262 e. The number of hydrogen-bond acceptors (Lipinski definition) is 3. The van der Waals surface area contributed by atoms with Gasteiger partial charge in [-0.25, -0.2) is 4.98 Å². The molecule has 0 amide bonds. The zero-order valence-corrected chi connectivity index (χ0v) is 12.4. The highest BCUT2D eigenvalue weighted by atomic mass is 16.1. The molecule has 0 radical (unpaired) electrons. The van der Waals surface area contributed by atoms with Crippen molar-refractivity contribution in [3.05, 3.63) is 70.0 Å². The number of rotatable bonds is 2. The molecule has 0 bridgehead atoms. The van der Waals surface area contributed by atoms with Crippen LogP contribution in [0.3, 0.4) is 0 Å². The first-order valence-electron chi connectivity index (χ1n) is 6.97. The monoisotopic (exact) mass is 279 g/mol. The lowest BCUT2D eigenvalue weighted by atomic mass is 10.1. The van der Waals surface area contributed by atoms with Gasteiger partial charge in [0, 0.05) is 6.20 Å². The van der Waals surface area contributed by atoms with E-state index in [1.165, 1.54) is 0 Å². The van der Waals surface area contributed by atoms with Gasteiger partial charge >= 0.3 is 0 Å². The molecule has 1 aromatic carbocycles. The van der Waals surface area contributed by atoms with Crippen LogP contribution in [0.4, 0.5) is 0 Å². The SMILES string of the molecule is Cc1cccnc1[C@H](C)n1cnc2cccc(C)c2c1=O. The Bertz CT molecular complexity index is 867. The van der Waals surface area contributed by atoms with Gasteiger partial charge in [-0.15, -0.1) is 0 Å². The molecule has 0 spiro atoms. The summed E-state index contributed by atoms with van der Waals surface area (Å²) in [5.74, 6) is 0. The lowest BCUT2D eigenvalue weighted by Gasteiger charge is -2.17. The third-order valence-electron chi connectivity index (χ3n) is 3.88. The summed E-state index contributed by atoms with van der Waals surface area (Å²) >= 11 is 0. The van der Waals surface area contributed by atoms with Crippen molar-refractivity contribution >= 4 is 10.9 Å². The largest absolute Gasteiger partial charge is 0.290 e. The minimum Gasteiger partial charge on any atom is -0.290 e. The first-order valence-corrected chi connectivity index (χ1v) is 6.97. The molecule has 0 saturated heterocycles. The minimum atomic E-state index is -0.143. The molecule has 2 aromatic heterocycles. The van der Waals surface area contributed by atoms with Crippen LogP contribution in [0, 0.1) is 13.8 Å². The molecule has 0 aliphatic carbocycles. The maximum absolute atomic E-state index is 12.8. The zero-order chi connectivity index (χ0) is 15.0. The summed E-state index contributed by atoms with van der Waals surface area (Å²) in [6.07, 6.45) is 3.37. The van der Waals surface area contributed by atoms with Gasteiger partial charge in [-0.3, -0.25) is 14.3 Å². The van der Waals surface area contributed by atoms with E-state index < -0.39 is 0 Å². The van der Waals surface area contributed by atoms with Crippen molar-refractivity contribution in [3.8, 4) is 0 Å². The van der Waals surface area contributed by atoms with Gasteiger partial charge in [0.25, 0.3) is 5.56 Å². The van der Waals surface area contributed by atoms with E-state index in [9.17, 15) is 4.79 Å². The van der Waals surface area contributed by atoms with Crippen molar-refractivity contribution in [1.29, 1.82) is 0 Å². The highest BCUT2D eigenvalue weighted by Gasteiger charge is 2.15. The number of benzene rings is 1. The Kier molecular flexibility index (Phi) is 3.29. The van der Waals surface area contributed by atoms with Crippen molar-refractivity contribution in [2.75, 3.05) is 0 Å². The van der Waals surface area contributed by atoms with E-state index in [2.05, 4.69) is 9.97 Å². The Hall–Kier alpha value is -2.49. The molecule has 106 valence electrons. The molecule has 0 fully saturated rings. The van der Waals surface area contributed by atoms with Gasteiger partial charge in [0.15, 0.2) is 0 Å². The topological polar surface area (TPSA) is 47.8 Å². The van der Waals surface area contributed by atoms with Gasteiger partial charge in [0.1, 0.15) is 0 Å². The molecule has 21 heavy (non-hydrogen) atoms. The van der Waals surface area contributed by atoms with Crippen LogP contribution < -0.4 is 5.56 Å². The van der Waals surface area contributed by atoms with Crippen molar-refractivity contribution in [1.82, 2.24) is 14.5 Å². The summed E-state index contributed by atoms with van der Waals surface area (Å²) in [7, 11) is 0. The van der Waals surface area contributed by atoms with Crippen LogP contribution in [-0.2, 0) is 0 Å². The standard InChI is InChI=1S/C17H17N3O/c1-11-6-4-8-14-15(11)17(21)20(10-19-14)13(3)16-12(2)7-5-9-18-16/h4-10,13H,1-3H3/t13-/m0/s1. The molecule has 4 nitrogen and oxygen atoms in total. The molecule has 0 aliphatic rings. The normalized spacial score (nSPS) is 12.5. The number of fused-ring (bicyclic) bond motifs is 1. The van der Waals surface area contributed by atoms with Gasteiger partial charge in [-0.1, -0.05) is 18.2 Å². The van der Waals surface area contributed by atoms with Gasteiger partial charge in [0.2, 0.25) is 0 Å². The van der Waals surface area contributed by atoms with Crippen LogP contribution in [0.5, 0.6) is 0 Å². The lowest BCUT2D eigenvalue weighted by Crippen LogP contribution is -2.25. The van der Waals surface area contributed by atoms with E-state index in [4.69, 9.17) is 0 Å². The van der Waals surface area contributed by atoms with Crippen molar-refractivity contribution in [2.45, 2.75) is 26.8 Å². The number of aryl methyl sites for hydroxylation is 2. The van der Waals surface area contributed by atoms with E-state index >= 15 is 0 Å².